The Morgan fingerprint density at radius 1 is 1.09 bits per heavy atom. The van der Waals surface area contributed by atoms with Crippen molar-refractivity contribution in [2.75, 3.05) is 39.4 Å². The molecule has 0 saturated carbocycles. The number of piperidine rings is 2. The largest absolute Gasteiger partial charge is 0.376 e. The minimum absolute atomic E-state index is 0.153. The molecular formula is C18H32N2O3. The summed E-state index contributed by atoms with van der Waals surface area (Å²) in [5.74, 6) is 0.153. The summed E-state index contributed by atoms with van der Waals surface area (Å²) in [4.78, 5) is 17.2. The van der Waals surface area contributed by atoms with E-state index >= 15 is 0 Å². The van der Waals surface area contributed by atoms with E-state index in [0.717, 1.165) is 45.4 Å². The minimum Gasteiger partial charge on any atom is -0.376 e. The number of hydrogen-bond donors (Lipinski definition) is 0. The maximum absolute atomic E-state index is 12.5. The Labute approximate surface area is 140 Å². The third-order valence-electron chi connectivity index (χ3n) is 5.59. The highest BCUT2D eigenvalue weighted by molar-refractivity contribution is 5.80. The van der Waals surface area contributed by atoms with Crippen LogP contribution in [0.25, 0.3) is 0 Å². The summed E-state index contributed by atoms with van der Waals surface area (Å²) in [5.41, 5.74) is 0. The summed E-state index contributed by atoms with van der Waals surface area (Å²) < 4.78 is 11.3. The maximum atomic E-state index is 12.5. The summed E-state index contributed by atoms with van der Waals surface area (Å²) in [5, 5.41) is 0. The number of amides is 1. The van der Waals surface area contributed by atoms with Gasteiger partial charge in [0.25, 0.3) is 5.91 Å². The van der Waals surface area contributed by atoms with Crippen LogP contribution in [-0.4, -0.2) is 73.3 Å². The second kappa shape index (κ2) is 8.45. The van der Waals surface area contributed by atoms with Gasteiger partial charge in [0.2, 0.25) is 0 Å². The minimum atomic E-state index is -0.342. The molecule has 1 amide bonds. The van der Waals surface area contributed by atoms with Crippen LogP contribution in [0, 0.1) is 0 Å². The Hall–Kier alpha value is -0.650. The Morgan fingerprint density at radius 3 is 2.48 bits per heavy atom. The van der Waals surface area contributed by atoms with E-state index in [-0.39, 0.29) is 18.1 Å². The van der Waals surface area contributed by atoms with E-state index in [0.29, 0.717) is 12.6 Å². The van der Waals surface area contributed by atoms with Crippen molar-refractivity contribution >= 4 is 5.91 Å². The van der Waals surface area contributed by atoms with Crippen molar-refractivity contribution in [3.63, 3.8) is 0 Å². The SMILES string of the molecule is C[C@@H](OC[C@H]1CCCO1)C(=O)N1CCC(N2CCCCC2)CC1. The van der Waals surface area contributed by atoms with Gasteiger partial charge in [0.15, 0.2) is 0 Å². The number of carbonyl (C=O) groups excluding carboxylic acids is 1. The molecule has 0 bridgehead atoms. The van der Waals surface area contributed by atoms with E-state index < -0.39 is 0 Å². The summed E-state index contributed by atoms with van der Waals surface area (Å²) >= 11 is 0. The van der Waals surface area contributed by atoms with Crippen LogP contribution in [0.3, 0.4) is 0 Å². The lowest BCUT2D eigenvalue weighted by atomic mass is 9.99. The standard InChI is InChI=1S/C18H32N2O3/c1-15(23-14-17-6-5-13-22-17)18(21)20-11-7-16(8-12-20)19-9-3-2-4-10-19/h15-17H,2-14H2,1H3/t15-,17-/m1/s1. The number of carbonyl (C=O) groups is 1. The molecule has 5 heteroatoms. The molecule has 0 aromatic heterocycles. The molecule has 3 fully saturated rings. The molecule has 3 aliphatic rings. The average Bonchev–Trinajstić information content (AvgIpc) is 3.13. The summed E-state index contributed by atoms with van der Waals surface area (Å²) in [6.07, 6.45) is 8.31. The number of rotatable bonds is 5. The third kappa shape index (κ3) is 4.68. The van der Waals surface area contributed by atoms with Gasteiger partial charge in [-0.1, -0.05) is 6.42 Å². The molecule has 0 aromatic carbocycles. The summed E-state index contributed by atoms with van der Waals surface area (Å²) in [6.45, 7) is 7.53. The van der Waals surface area contributed by atoms with E-state index in [1.165, 1.54) is 32.4 Å². The van der Waals surface area contributed by atoms with Gasteiger partial charge in [-0.2, -0.15) is 0 Å². The van der Waals surface area contributed by atoms with Gasteiger partial charge in [-0.15, -0.1) is 0 Å². The van der Waals surface area contributed by atoms with Crippen LogP contribution in [0.5, 0.6) is 0 Å². The number of hydrogen-bond acceptors (Lipinski definition) is 4. The number of ether oxygens (including phenoxy) is 2. The van der Waals surface area contributed by atoms with Gasteiger partial charge in [0.1, 0.15) is 6.10 Å². The van der Waals surface area contributed by atoms with Gasteiger partial charge >= 0.3 is 0 Å². The van der Waals surface area contributed by atoms with E-state index in [4.69, 9.17) is 9.47 Å². The molecule has 2 atom stereocenters. The molecular weight excluding hydrogens is 292 g/mol. The first-order valence-corrected chi connectivity index (χ1v) is 9.50. The van der Waals surface area contributed by atoms with E-state index in [2.05, 4.69) is 4.90 Å². The Kier molecular flexibility index (Phi) is 6.31. The predicted octanol–water partition coefficient (Wildman–Crippen LogP) is 2.05. The average molecular weight is 324 g/mol. The Morgan fingerprint density at radius 2 is 1.83 bits per heavy atom. The highest BCUT2D eigenvalue weighted by Crippen LogP contribution is 2.21. The molecule has 3 aliphatic heterocycles. The van der Waals surface area contributed by atoms with Crippen LogP contribution >= 0.6 is 0 Å². The highest BCUT2D eigenvalue weighted by atomic mass is 16.5. The third-order valence-corrected chi connectivity index (χ3v) is 5.59. The Bertz CT molecular complexity index is 370. The van der Waals surface area contributed by atoms with Gasteiger partial charge in [-0.25, -0.2) is 0 Å². The molecule has 0 radical (unpaired) electrons. The fraction of sp³-hybridized carbons (Fsp3) is 0.944. The van der Waals surface area contributed by atoms with E-state index in [1.54, 1.807) is 0 Å². The first kappa shape index (κ1) is 17.2. The van der Waals surface area contributed by atoms with Crippen LogP contribution in [-0.2, 0) is 14.3 Å². The molecule has 0 aliphatic carbocycles. The van der Waals surface area contributed by atoms with Crippen LogP contribution in [0.15, 0.2) is 0 Å². The van der Waals surface area contributed by atoms with E-state index in [9.17, 15) is 4.79 Å². The molecule has 5 nitrogen and oxygen atoms in total. The van der Waals surface area contributed by atoms with Crippen molar-refractivity contribution in [3.05, 3.63) is 0 Å². The molecule has 23 heavy (non-hydrogen) atoms. The highest BCUT2D eigenvalue weighted by Gasteiger charge is 2.30. The van der Waals surface area contributed by atoms with Gasteiger partial charge in [-0.3, -0.25) is 4.79 Å². The van der Waals surface area contributed by atoms with Gasteiger partial charge in [0.05, 0.1) is 12.7 Å². The van der Waals surface area contributed by atoms with Gasteiger partial charge < -0.3 is 19.3 Å². The monoisotopic (exact) mass is 324 g/mol. The lowest BCUT2D eigenvalue weighted by molar-refractivity contribution is -0.146. The molecule has 3 rings (SSSR count). The van der Waals surface area contributed by atoms with Crippen LogP contribution < -0.4 is 0 Å². The fourth-order valence-electron chi connectivity index (χ4n) is 4.09. The molecule has 0 spiro atoms. The molecule has 0 aromatic rings. The molecule has 0 N–H and O–H groups in total. The van der Waals surface area contributed by atoms with E-state index in [1.807, 2.05) is 11.8 Å². The fourth-order valence-corrected chi connectivity index (χ4v) is 4.09. The zero-order chi connectivity index (χ0) is 16.1. The lowest BCUT2D eigenvalue weighted by Crippen LogP contribution is -2.50. The zero-order valence-electron chi connectivity index (χ0n) is 14.5. The normalized spacial score (nSPS) is 28.9. The van der Waals surface area contributed by atoms with Crippen LogP contribution in [0.2, 0.25) is 0 Å². The first-order chi connectivity index (χ1) is 11.2. The quantitative estimate of drug-likeness (QED) is 0.776. The smallest absolute Gasteiger partial charge is 0.251 e. The number of nitrogens with zero attached hydrogens (tertiary/aromatic N) is 2. The van der Waals surface area contributed by atoms with Crippen LogP contribution in [0.1, 0.15) is 51.9 Å². The van der Waals surface area contributed by atoms with Crippen molar-refractivity contribution in [1.82, 2.24) is 9.80 Å². The van der Waals surface area contributed by atoms with Crippen molar-refractivity contribution in [3.8, 4) is 0 Å². The lowest BCUT2D eigenvalue weighted by Gasteiger charge is -2.40. The van der Waals surface area contributed by atoms with Crippen molar-refractivity contribution < 1.29 is 14.3 Å². The Balaban J connectivity index is 1.38. The second-order valence-electron chi connectivity index (χ2n) is 7.26. The first-order valence-electron chi connectivity index (χ1n) is 9.50. The summed E-state index contributed by atoms with van der Waals surface area (Å²) in [6, 6.07) is 0.683. The topological polar surface area (TPSA) is 42.0 Å². The van der Waals surface area contributed by atoms with Crippen LogP contribution in [0.4, 0.5) is 0 Å². The molecule has 132 valence electrons. The molecule has 0 unspecified atom stereocenters. The summed E-state index contributed by atoms with van der Waals surface area (Å²) in [7, 11) is 0. The molecule has 3 heterocycles. The number of likely N-dealkylation sites (tertiary alicyclic amines) is 2. The molecule has 3 saturated heterocycles. The second-order valence-corrected chi connectivity index (χ2v) is 7.26. The predicted molar refractivity (Wildman–Crippen MR) is 89.4 cm³/mol. The van der Waals surface area contributed by atoms with Crippen molar-refractivity contribution in [1.29, 1.82) is 0 Å². The maximum Gasteiger partial charge on any atom is 0.251 e. The van der Waals surface area contributed by atoms with Gasteiger partial charge in [-0.05, 0) is 58.5 Å². The van der Waals surface area contributed by atoms with Gasteiger partial charge in [0, 0.05) is 25.7 Å². The van der Waals surface area contributed by atoms with Crippen molar-refractivity contribution in [2.24, 2.45) is 0 Å². The zero-order valence-corrected chi connectivity index (χ0v) is 14.5. The van der Waals surface area contributed by atoms with Crippen molar-refractivity contribution in [2.45, 2.75) is 70.1 Å².